The number of carbonyl (C=O) groups is 1. The van der Waals surface area contributed by atoms with Crippen LogP contribution in [0.2, 0.25) is 0 Å². The van der Waals surface area contributed by atoms with Crippen LogP contribution in [0.25, 0.3) is 0 Å². The highest BCUT2D eigenvalue weighted by Gasteiger charge is 2.23. The number of rotatable bonds is 6. The maximum Gasteiger partial charge on any atom is 0.267 e. The predicted octanol–water partition coefficient (Wildman–Crippen LogP) is 1.63. The Hall–Kier alpha value is -2.70. The number of aryl methyl sites for hydroxylation is 1. The van der Waals surface area contributed by atoms with Crippen molar-refractivity contribution in [3.8, 4) is 11.5 Å². The van der Waals surface area contributed by atoms with Crippen molar-refractivity contribution in [2.24, 2.45) is 0 Å². The second-order valence-corrected chi connectivity index (χ2v) is 6.02. The largest absolute Gasteiger partial charge is 0.493 e. The smallest absolute Gasteiger partial charge is 0.267 e. The van der Waals surface area contributed by atoms with Crippen molar-refractivity contribution >= 4 is 5.91 Å². The number of methoxy groups -OCH3 is 1. The van der Waals surface area contributed by atoms with Gasteiger partial charge in [0.15, 0.2) is 11.5 Å². The number of benzene rings is 1. The normalized spacial score (nSPS) is 13.4. The van der Waals surface area contributed by atoms with Gasteiger partial charge in [-0.05, 0) is 37.5 Å². The zero-order chi connectivity index (χ0) is 17.8. The Morgan fingerprint density at radius 1 is 1.28 bits per heavy atom. The van der Waals surface area contributed by atoms with Gasteiger partial charge in [-0.15, -0.1) is 0 Å². The molecule has 1 aliphatic heterocycles. The highest BCUT2D eigenvalue weighted by Crippen LogP contribution is 2.28. The molecule has 1 aromatic carbocycles. The van der Waals surface area contributed by atoms with E-state index >= 15 is 0 Å². The Bertz CT molecular complexity index is 809. The number of amides is 1. The Labute approximate surface area is 145 Å². The molecule has 134 valence electrons. The lowest BCUT2D eigenvalue weighted by molar-refractivity contribution is -0.132. The summed E-state index contributed by atoms with van der Waals surface area (Å²) in [6.45, 7) is 3.54. The molecule has 0 aliphatic carbocycles. The van der Waals surface area contributed by atoms with Crippen molar-refractivity contribution in [2.75, 3.05) is 20.3 Å². The summed E-state index contributed by atoms with van der Waals surface area (Å²) >= 11 is 0. The molecule has 25 heavy (non-hydrogen) atoms. The average molecular weight is 345 g/mol. The first-order valence-electron chi connectivity index (χ1n) is 8.48. The summed E-state index contributed by atoms with van der Waals surface area (Å²) < 4.78 is 10.9. The number of aromatic amines is 2. The third-order valence-corrected chi connectivity index (χ3v) is 4.45. The highest BCUT2D eigenvalue weighted by atomic mass is 16.5. The minimum Gasteiger partial charge on any atom is -0.493 e. The molecule has 2 N–H and O–H groups in total. The fourth-order valence-electron chi connectivity index (χ4n) is 3.10. The number of hydrogen-bond donors (Lipinski definition) is 2. The molecule has 0 saturated carbocycles. The van der Waals surface area contributed by atoms with Crippen LogP contribution in [-0.2, 0) is 24.2 Å². The topological polar surface area (TPSA) is 87.4 Å². The van der Waals surface area contributed by atoms with Gasteiger partial charge < -0.3 is 19.5 Å². The van der Waals surface area contributed by atoms with Gasteiger partial charge in [0, 0.05) is 18.5 Å². The standard InChI is InChI=1S/C18H23N3O4/c1-3-25-15-6-4-12(10-16(15)24-2)5-7-17(22)21-9-8-13-14(11-21)19-20-18(13)23/h4,6,10H,3,5,7-9,11H2,1-2H3,(H2,19,20,23). The van der Waals surface area contributed by atoms with Gasteiger partial charge >= 0.3 is 0 Å². The van der Waals surface area contributed by atoms with E-state index in [1.54, 1.807) is 12.0 Å². The van der Waals surface area contributed by atoms with Crippen molar-refractivity contribution in [1.29, 1.82) is 0 Å². The van der Waals surface area contributed by atoms with E-state index in [2.05, 4.69) is 10.2 Å². The van der Waals surface area contributed by atoms with Crippen LogP contribution in [0.1, 0.15) is 30.2 Å². The van der Waals surface area contributed by atoms with Gasteiger partial charge in [0.2, 0.25) is 5.91 Å². The fourth-order valence-corrected chi connectivity index (χ4v) is 3.10. The minimum atomic E-state index is -0.0800. The predicted molar refractivity (Wildman–Crippen MR) is 93.0 cm³/mol. The Balaban J connectivity index is 1.60. The number of nitrogens with one attached hydrogen (secondary N) is 2. The summed E-state index contributed by atoms with van der Waals surface area (Å²) in [5.74, 6) is 1.47. The lowest BCUT2D eigenvalue weighted by atomic mass is 10.1. The number of nitrogens with zero attached hydrogens (tertiary/aromatic N) is 1. The lowest BCUT2D eigenvalue weighted by Gasteiger charge is -2.26. The van der Waals surface area contributed by atoms with Gasteiger partial charge in [0.1, 0.15) is 0 Å². The summed E-state index contributed by atoms with van der Waals surface area (Å²) in [5.41, 5.74) is 2.53. The quantitative estimate of drug-likeness (QED) is 0.833. The van der Waals surface area contributed by atoms with E-state index in [4.69, 9.17) is 9.47 Å². The maximum absolute atomic E-state index is 12.5. The van der Waals surface area contributed by atoms with E-state index in [1.807, 2.05) is 25.1 Å². The van der Waals surface area contributed by atoms with Gasteiger partial charge in [0.05, 0.1) is 26.0 Å². The number of carbonyl (C=O) groups excluding carboxylic acids is 1. The minimum absolute atomic E-state index is 0.0800. The maximum atomic E-state index is 12.5. The molecule has 1 aliphatic rings. The first-order chi connectivity index (χ1) is 12.1. The van der Waals surface area contributed by atoms with E-state index < -0.39 is 0 Å². The zero-order valence-corrected chi connectivity index (χ0v) is 14.6. The van der Waals surface area contributed by atoms with E-state index in [1.165, 1.54) is 0 Å². The Kier molecular flexibility index (Phi) is 5.11. The number of hydrogen-bond acceptors (Lipinski definition) is 4. The third kappa shape index (κ3) is 3.70. The summed E-state index contributed by atoms with van der Waals surface area (Å²) in [6.07, 6.45) is 1.65. The second-order valence-electron chi connectivity index (χ2n) is 6.02. The fraction of sp³-hybridized carbons (Fsp3) is 0.444. The summed E-state index contributed by atoms with van der Waals surface area (Å²) in [4.78, 5) is 25.8. The molecule has 1 amide bonds. The van der Waals surface area contributed by atoms with Crippen LogP contribution in [0.5, 0.6) is 11.5 Å². The van der Waals surface area contributed by atoms with Crippen LogP contribution >= 0.6 is 0 Å². The molecule has 0 spiro atoms. The van der Waals surface area contributed by atoms with E-state index in [-0.39, 0.29) is 11.5 Å². The van der Waals surface area contributed by atoms with Crippen molar-refractivity contribution in [1.82, 2.24) is 15.1 Å². The molecular formula is C18H23N3O4. The average Bonchev–Trinajstić information content (AvgIpc) is 3.01. The molecule has 0 atom stereocenters. The number of H-pyrrole nitrogens is 2. The molecule has 7 heteroatoms. The van der Waals surface area contributed by atoms with Crippen molar-refractivity contribution in [3.05, 3.63) is 45.4 Å². The number of ether oxygens (including phenoxy) is 2. The molecule has 0 saturated heterocycles. The molecule has 3 rings (SSSR count). The number of fused-ring (bicyclic) bond motifs is 1. The van der Waals surface area contributed by atoms with E-state index in [0.717, 1.165) is 16.8 Å². The molecule has 0 unspecified atom stereocenters. The van der Waals surface area contributed by atoms with Gasteiger partial charge in [0.25, 0.3) is 5.56 Å². The van der Waals surface area contributed by atoms with Gasteiger partial charge in [-0.25, -0.2) is 0 Å². The lowest BCUT2D eigenvalue weighted by Crippen LogP contribution is -2.37. The summed E-state index contributed by atoms with van der Waals surface area (Å²) in [6, 6.07) is 5.74. The van der Waals surface area contributed by atoms with Crippen LogP contribution < -0.4 is 15.0 Å². The van der Waals surface area contributed by atoms with Crippen LogP contribution in [0, 0.1) is 0 Å². The second kappa shape index (κ2) is 7.46. The molecule has 0 fully saturated rings. The zero-order valence-electron chi connectivity index (χ0n) is 14.6. The molecular weight excluding hydrogens is 322 g/mol. The van der Waals surface area contributed by atoms with Crippen LogP contribution in [0.3, 0.4) is 0 Å². The summed E-state index contributed by atoms with van der Waals surface area (Å²) in [5, 5.41) is 5.44. The molecule has 0 bridgehead atoms. The van der Waals surface area contributed by atoms with Gasteiger partial charge in [-0.1, -0.05) is 6.07 Å². The molecule has 2 aromatic rings. The van der Waals surface area contributed by atoms with Crippen LogP contribution in [0.15, 0.2) is 23.0 Å². The first kappa shape index (κ1) is 17.1. The van der Waals surface area contributed by atoms with Gasteiger partial charge in [-0.3, -0.25) is 14.7 Å². The van der Waals surface area contributed by atoms with E-state index in [9.17, 15) is 9.59 Å². The Morgan fingerprint density at radius 3 is 2.88 bits per heavy atom. The van der Waals surface area contributed by atoms with Crippen molar-refractivity contribution in [3.63, 3.8) is 0 Å². The number of aromatic nitrogens is 2. The van der Waals surface area contributed by atoms with Crippen molar-refractivity contribution < 1.29 is 14.3 Å². The molecule has 2 heterocycles. The monoisotopic (exact) mass is 345 g/mol. The highest BCUT2D eigenvalue weighted by molar-refractivity contribution is 5.76. The van der Waals surface area contributed by atoms with Crippen LogP contribution in [0.4, 0.5) is 0 Å². The van der Waals surface area contributed by atoms with Crippen molar-refractivity contribution in [2.45, 2.75) is 32.7 Å². The first-order valence-corrected chi connectivity index (χ1v) is 8.48. The van der Waals surface area contributed by atoms with E-state index in [0.29, 0.717) is 50.5 Å². The van der Waals surface area contributed by atoms with Gasteiger partial charge in [-0.2, -0.15) is 0 Å². The molecule has 1 aromatic heterocycles. The molecule has 7 nitrogen and oxygen atoms in total. The Morgan fingerprint density at radius 2 is 2.12 bits per heavy atom. The van der Waals surface area contributed by atoms with Crippen LogP contribution in [-0.4, -0.2) is 41.3 Å². The third-order valence-electron chi connectivity index (χ3n) is 4.45. The summed E-state index contributed by atoms with van der Waals surface area (Å²) in [7, 11) is 1.61. The molecule has 0 radical (unpaired) electrons. The SMILES string of the molecule is CCOc1ccc(CCC(=O)N2CCc3c([nH][nH]c3=O)C2)cc1OC.